The van der Waals surface area contributed by atoms with Crippen LogP contribution in [0.5, 0.6) is 0 Å². The summed E-state index contributed by atoms with van der Waals surface area (Å²) in [6, 6.07) is 9.64. The smallest absolute Gasteiger partial charge is 0.280 e. The Morgan fingerprint density at radius 3 is 3.00 bits per heavy atom. The lowest BCUT2D eigenvalue weighted by Crippen LogP contribution is -2.30. The Kier molecular flexibility index (Phi) is 3.28. The number of fused-ring (bicyclic) bond motifs is 1. The van der Waals surface area contributed by atoms with E-state index >= 15 is 0 Å². The molecule has 1 aromatic heterocycles. The zero-order chi connectivity index (χ0) is 14.1. The highest BCUT2D eigenvalue weighted by Crippen LogP contribution is 2.38. The van der Waals surface area contributed by atoms with Crippen LogP contribution in [0, 0.1) is 6.92 Å². The third-order valence-electron chi connectivity index (χ3n) is 3.68. The van der Waals surface area contributed by atoms with Gasteiger partial charge in [-0.2, -0.15) is 0 Å². The molecule has 1 aliphatic heterocycles. The number of aryl methyl sites for hydroxylation is 1. The molecule has 1 aliphatic rings. The number of benzene rings is 1. The van der Waals surface area contributed by atoms with E-state index in [1.54, 1.807) is 17.9 Å². The second-order valence-electron chi connectivity index (χ2n) is 5.07. The van der Waals surface area contributed by atoms with E-state index in [2.05, 4.69) is 11.2 Å². The van der Waals surface area contributed by atoms with E-state index in [9.17, 15) is 4.79 Å². The van der Waals surface area contributed by atoms with E-state index in [1.165, 1.54) is 5.56 Å². The molecule has 2 N–H and O–H groups in total. The number of anilines is 1. The molecule has 3 rings (SSSR count). The predicted octanol–water partition coefficient (Wildman–Crippen LogP) is 2.08. The molecule has 1 amide bonds. The summed E-state index contributed by atoms with van der Waals surface area (Å²) in [5.41, 5.74) is 8.16. The van der Waals surface area contributed by atoms with Gasteiger partial charge in [0.2, 0.25) is 0 Å². The number of aromatic nitrogens is 1. The highest BCUT2D eigenvalue weighted by atomic mass is 16.5. The van der Waals surface area contributed by atoms with Crippen LogP contribution in [-0.4, -0.2) is 24.2 Å². The Bertz CT molecular complexity index is 636. The second-order valence-corrected chi connectivity index (χ2v) is 5.07. The molecular formula is C15H17N3O2. The summed E-state index contributed by atoms with van der Waals surface area (Å²) in [6.07, 6.45) is 0.874. The molecule has 2 heterocycles. The largest absolute Gasteiger partial charge is 0.361 e. The highest BCUT2D eigenvalue weighted by molar-refractivity contribution is 6.06. The van der Waals surface area contributed by atoms with Gasteiger partial charge in [0.05, 0.1) is 0 Å². The normalized spacial score (nSPS) is 17.3. The fourth-order valence-electron chi connectivity index (χ4n) is 2.74. The standard InChI is InChI=1S/C15H17N3O2/c1-10-8-13(17-20-10)15(19)18-9-11(6-7-16)12-4-2-3-5-14(12)18/h2-5,8,11H,6-7,9,16H2,1H3. The number of nitrogens with zero attached hydrogens (tertiary/aromatic N) is 2. The minimum absolute atomic E-state index is 0.117. The van der Waals surface area contributed by atoms with Gasteiger partial charge in [0.15, 0.2) is 5.69 Å². The molecule has 104 valence electrons. The van der Waals surface area contributed by atoms with Gasteiger partial charge in [-0.15, -0.1) is 0 Å². The van der Waals surface area contributed by atoms with Crippen LogP contribution in [-0.2, 0) is 0 Å². The van der Waals surface area contributed by atoms with E-state index in [1.807, 2.05) is 18.2 Å². The van der Waals surface area contributed by atoms with E-state index in [0.29, 0.717) is 30.5 Å². The summed E-state index contributed by atoms with van der Waals surface area (Å²) in [7, 11) is 0. The molecular weight excluding hydrogens is 254 g/mol. The highest BCUT2D eigenvalue weighted by Gasteiger charge is 2.33. The Hall–Kier alpha value is -2.14. The Morgan fingerprint density at radius 1 is 1.50 bits per heavy atom. The number of carbonyl (C=O) groups excluding carboxylic acids is 1. The van der Waals surface area contributed by atoms with Crippen molar-refractivity contribution in [3.63, 3.8) is 0 Å². The summed E-state index contributed by atoms with van der Waals surface area (Å²) in [5.74, 6) is 0.821. The van der Waals surface area contributed by atoms with Gasteiger partial charge >= 0.3 is 0 Å². The van der Waals surface area contributed by atoms with Crippen molar-refractivity contribution in [1.82, 2.24) is 5.16 Å². The molecule has 5 nitrogen and oxygen atoms in total. The Balaban J connectivity index is 1.93. The SMILES string of the molecule is Cc1cc(C(=O)N2CC(CCN)c3ccccc32)no1. The quantitative estimate of drug-likeness (QED) is 0.927. The van der Waals surface area contributed by atoms with Crippen LogP contribution < -0.4 is 10.6 Å². The topological polar surface area (TPSA) is 72.4 Å². The lowest BCUT2D eigenvalue weighted by Gasteiger charge is -2.16. The average molecular weight is 271 g/mol. The molecule has 0 radical (unpaired) electrons. The monoisotopic (exact) mass is 271 g/mol. The van der Waals surface area contributed by atoms with Crippen LogP contribution in [0.25, 0.3) is 0 Å². The van der Waals surface area contributed by atoms with Crippen molar-refractivity contribution in [3.05, 3.63) is 47.3 Å². The first-order valence-corrected chi connectivity index (χ1v) is 6.75. The molecule has 1 atom stereocenters. The van der Waals surface area contributed by atoms with Crippen molar-refractivity contribution in [2.45, 2.75) is 19.3 Å². The summed E-state index contributed by atoms with van der Waals surface area (Å²) >= 11 is 0. The van der Waals surface area contributed by atoms with Crippen LogP contribution in [0.3, 0.4) is 0 Å². The van der Waals surface area contributed by atoms with Crippen LogP contribution in [0.15, 0.2) is 34.9 Å². The summed E-state index contributed by atoms with van der Waals surface area (Å²) in [6.45, 7) is 3.05. The number of hydrogen-bond donors (Lipinski definition) is 1. The zero-order valence-electron chi connectivity index (χ0n) is 11.4. The van der Waals surface area contributed by atoms with E-state index in [-0.39, 0.29) is 5.91 Å². The fraction of sp³-hybridized carbons (Fsp3) is 0.333. The fourth-order valence-corrected chi connectivity index (χ4v) is 2.74. The summed E-state index contributed by atoms with van der Waals surface area (Å²) < 4.78 is 4.99. The average Bonchev–Trinajstić information content (AvgIpc) is 3.04. The molecule has 5 heteroatoms. The van der Waals surface area contributed by atoms with Gasteiger partial charge in [0, 0.05) is 24.2 Å². The van der Waals surface area contributed by atoms with Crippen molar-refractivity contribution < 1.29 is 9.32 Å². The molecule has 0 aliphatic carbocycles. The van der Waals surface area contributed by atoms with Crippen molar-refractivity contribution in [2.75, 3.05) is 18.0 Å². The van der Waals surface area contributed by atoms with Gasteiger partial charge in [0.1, 0.15) is 5.76 Å². The lowest BCUT2D eigenvalue weighted by atomic mass is 9.98. The van der Waals surface area contributed by atoms with Gasteiger partial charge in [-0.3, -0.25) is 4.79 Å². The van der Waals surface area contributed by atoms with E-state index in [4.69, 9.17) is 10.3 Å². The maximum Gasteiger partial charge on any atom is 0.280 e. The first-order valence-electron chi connectivity index (χ1n) is 6.75. The summed E-state index contributed by atoms with van der Waals surface area (Å²) in [5, 5.41) is 3.81. The van der Waals surface area contributed by atoms with Crippen LogP contribution in [0.2, 0.25) is 0 Å². The van der Waals surface area contributed by atoms with Gasteiger partial charge in [0.25, 0.3) is 5.91 Å². The third kappa shape index (κ3) is 2.10. The van der Waals surface area contributed by atoms with Crippen molar-refractivity contribution >= 4 is 11.6 Å². The number of rotatable bonds is 3. The Morgan fingerprint density at radius 2 is 2.30 bits per heavy atom. The molecule has 0 bridgehead atoms. The lowest BCUT2D eigenvalue weighted by molar-refractivity contribution is 0.0979. The van der Waals surface area contributed by atoms with Gasteiger partial charge < -0.3 is 15.2 Å². The minimum atomic E-state index is -0.117. The molecule has 0 saturated carbocycles. The summed E-state index contributed by atoms with van der Waals surface area (Å²) in [4.78, 5) is 14.3. The van der Waals surface area contributed by atoms with E-state index < -0.39 is 0 Å². The molecule has 1 aromatic carbocycles. The van der Waals surface area contributed by atoms with Gasteiger partial charge in [-0.05, 0) is 31.5 Å². The third-order valence-corrected chi connectivity index (χ3v) is 3.68. The van der Waals surface area contributed by atoms with Crippen LogP contribution >= 0.6 is 0 Å². The molecule has 0 spiro atoms. The van der Waals surface area contributed by atoms with Crippen molar-refractivity contribution in [1.29, 1.82) is 0 Å². The number of hydrogen-bond acceptors (Lipinski definition) is 4. The zero-order valence-corrected chi connectivity index (χ0v) is 11.4. The number of para-hydroxylation sites is 1. The number of carbonyl (C=O) groups is 1. The molecule has 2 aromatic rings. The van der Waals surface area contributed by atoms with Crippen molar-refractivity contribution in [3.8, 4) is 0 Å². The molecule has 0 fully saturated rings. The molecule has 1 unspecified atom stereocenters. The maximum atomic E-state index is 12.5. The van der Waals surface area contributed by atoms with Gasteiger partial charge in [-0.25, -0.2) is 0 Å². The van der Waals surface area contributed by atoms with Crippen LogP contribution in [0.1, 0.15) is 34.2 Å². The predicted molar refractivity (Wildman–Crippen MR) is 75.8 cm³/mol. The molecule has 0 saturated heterocycles. The van der Waals surface area contributed by atoms with Crippen LogP contribution in [0.4, 0.5) is 5.69 Å². The maximum absolute atomic E-state index is 12.5. The number of amides is 1. The second kappa shape index (κ2) is 5.09. The first kappa shape index (κ1) is 12.9. The van der Waals surface area contributed by atoms with Gasteiger partial charge in [-0.1, -0.05) is 23.4 Å². The number of nitrogens with two attached hydrogens (primary N) is 1. The van der Waals surface area contributed by atoms with Crippen molar-refractivity contribution in [2.24, 2.45) is 5.73 Å². The van der Waals surface area contributed by atoms with E-state index in [0.717, 1.165) is 12.1 Å². The first-order chi connectivity index (χ1) is 9.70. The molecule has 20 heavy (non-hydrogen) atoms. The Labute approximate surface area is 117 Å². The minimum Gasteiger partial charge on any atom is -0.361 e.